The van der Waals surface area contributed by atoms with Gasteiger partial charge < -0.3 is 0 Å². The van der Waals surface area contributed by atoms with Gasteiger partial charge in [0.15, 0.2) is 5.12 Å². The van der Waals surface area contributed by atoms with E-state index in [9.17, 15) is 9.18 Å². The Morgan fingerprint density at radius 1 is 1.53 bits per heavy atom. The van der Waals surface area contributed by atoms with E-state index in [0.29, 0.717) is 16.3 Å². The molecule has 0 atom stereocenters. The number of halogens is 2. The van der Waals surface area contributed by atoms with Gasteiger partial charge in [0.05, 0.1) is 5.75 Å². The lowest BCUT2D eigenvalue weighted by atomic mass is 10.2. The molecule has 0 saturated carbocycles. The van der Waals surface area contributed by atoms with E-state index in [1.165, 1.54) is 19.1 Å². The van der Waals surface area contributed by atoms with Crippen LogP contribution in [0.25, 0.3) is 0 Å². The normalized spacial score (nSPS) is 9.27. The molecule has 0 radical (unpaired) electrons. The van der Waals surface area contributed by atoms with Gasteiger partial charge in [-0.3, -0.25) is 4.79 Å². The Kier molecular flexibility index (Phi) is 4.67. The standard InChI is InChI=1S/C11H8ClFOS/c1-8(14)15-4-2-3-9-5-10(12)7-11(13)6-9/h5-7H,4H2,1H3. The summed E-state index contributed by atoms with van der Waals surface area (Å²) in [5.74, 6) is 5.48. The molecule has 0 spiro atoms. The Balaban J connectivity index is 2.67. The minimum atomic E-state index is -0.411. The first-order chi connectivity index (χ1) is 7.08. The van der Waals surface area contributed by atoms with Crippen LogP contribution in [0, 0.1) is 17.7 Å². The molecule has 78 valence electrons. The maximum absolute atomic E-state index is 12.9. The van der Waals surface area contributed by atoms with Crippen LogP contribution < -0.4 is 0 Å². The fourth-order valence-electron chi connectivity index (χ4n) is 0.902. The van der Waals surface area contributed by atoms with Gasteiger partial charge in [0, 0.05) is 17.5 Å². The molecule has 0 aliphatic carbocycles. The molecule has 0 amide bonds. The Bertz CT molecular complexity index is 414. The highest BCUT2D eigenvalue weighted by Gasteiger charge is 1.96. The number of carbonyl (C=O) groups excluding carboxylic acids is 1. The van der Waals surface area contributed by atoms with Gasteiger partial charge in [-0.05, 0) is 18.2 Å². The largest absolute Gasteiger partial charge is 0.288 e. The number of hydrogen-bond acceptors (Lipinski definition) is 2. The van der Waals surface area contributed by atoms with Crippen LogP contribution in [0.2, 0.25) is 5.02 Å². The molecule has 0 fully saturated rings. The molecule has 1 aromatic rings. The molecule has 0 unspecified atom stereocenters. The van der Waals surface area contributed by atoms with E-state index in [-0.39, 0.29) is 5.12 Å². The fraction of sp³-hybridized carbons (Fsp3) is 0.182. The van der Waals surface area contributed by atoms with Crippen molar-refractivity contribution < 1.29 is 9.18 Å². The first-order valence-electron chi connectivity index (χ1n) is 4.16. The van der Waals surface area contributed by atoms with Crippen LogP contribution in [0.4, 0.5) is 4.39 Å². The Labute approximate surface area is 97.0 Å². The van der Waals surface area contributed by atoms with Crippen LogP contribution in [0.1, 0.15) is 12.5 Å². The minimum absolute atomic E-state index is 0.0153. The van der Waals surface area contributed by atoms with Gasteiger partial charge >= 0.3 is 0 Å². The molecule has 1 nitrogen and oxygen atoms in total. The number of thioether (sulfide) groups is 1. The first kappa shape index (κ1) is 12.1. The minimum Gasteiger partial charge on any atom is -0.288 e. The highest BCUT2D eigenvalue weighted by atomic mass is 35.5. The van der Waals surface area contributed by atoms with E-state index >= 15 is 0 Å². The van der Waals surface area contributed by atoms with Crippen molar-refractivity contribution in [3.8, 4) is 11.8 Å². The third-order valence-electron chi connectivity index (χ3n) is 1.44. The summed E-state index contributed by atoms with van der Waals surface area (Å²) in [6, 6.07) is 4.10. The van der Waals surface area contributed by atoms with Crippen molar-refractivity contribution in [2.24, 2.45) is 0 Å². The molecule has 15 heavy (non-hydrogen) atoms. The summed E-state index contributed by atoms with van der Waals surface area (Å²) in [5, 5.41) is 0.333. The molecule has 0 heterocycles. The number of benzene rings is 1. The summed E-state index contributed by atoms with van der Waals surface area (Å²) in [6.07, 6.45) is 0. The summed E-state index contributed by atoms with van der Waals surface area (Å²) < 4.78 is 12.9. The van der Waals surface area contributed by atoms with Crippen molar-refractivity contribution in [2.45, 2.75) is 6.92 Å². The van der Waals surface area contributed by atoms with E-state index in [1.54, 1.807) is 6.07 Å². The Hall–Kier alpha value is -0.980. The Morgan fingerprint density at radius 3 is 2.87 bits per heavy atom. The van der Waals surface area contributed by atoms with Gasteiger partial charge in [0.1, 0.15) is 5.82 Å². The zero-order chi connectivity index (χ0) is 11.3. The predicted octanol–water partition coefficient (Wildman–Crippen LogP) is 3.11. The second-order valence-electron chi connectivity index (χ2n) is 2.74. The molecule has 0 aliphatic heterocycles. The molecular formula is C11H8ClFOS. The maximum Gasteiger partial charge on any atom is 0.186 e. The van der Waals surface area contributed by atoms with E-state index in [2.05, 4.69) is 11.8 Å². The van der Waals surface area contributed by atoms with Gasteiger partial charge in [-0.15, -0.1) is 0 Å². The van der Waals surface area contributed by atoms with Crippen molar-refractivity contribution in [2.75, 3.05) is 5.75 Å². The van der Waals surface area contributed by atoms with Crippen LogP contribution in [0.15, 0.2) is 18.2 Å². The fourth-order valence-corrected chi connectivity index (χ4v) is 1.47. The molecule has 4 heteroatoms. The van der Waals surface area contributed by atoms with Gasteiger partial charge in [-0.25, -0.2) is 4.39 Å². The van der Waals surface area contributed by atoms with Crippen LogP contribution in [0.3, 0.4) is 0 Å². The molecule has 1 rings (SSSR count). The highest BCUT2D eigenvalue weighted by molar-refractivity contribution is 8.13. The molecule has 0 saturated heterocycles. The van der Waals surface area contributed by atoms with Crippen molar-refractivity contribution >= 4 is 28.5 Å². The lowest BCUT2D eigenvalue weighted by Crippen LogP contribution is -1.83. The molecular weight excluding hydrogens is 235 g/mol. The highest BCUT2D eigenvalue weighted by Crippen LogP contribution is 2.13. The van der Waals surface area contributed by atoms with E-state index < -0.39 is 5.82 Å². The zero-order valence-electron chi connectivity index (χ0n) is 8.01. The van der Waals surface area contributed by atoms with E-state index in [1.807, 2.05) is 0 Å². The lowest BCUT2D eigenvalue weighted by Gasteiger charge is -1.93. The van der Waals surface area contributed by atoms with Crippen molar-refractivity contribution in [1.29, 1.82) is 0 Å². The van der Waals surface area contributed by atoms with Gasteiger partial charge in [-0.2, -0.15) is 0 Å². The SMILES string of the molecule is CC(=O)SCC#Cc1cc(F)cc(Cl)c1. The molecule has 1 aromatic carbocycles. The molecule has 0 aliphatic rings. The third-order valence-corrected chi connectivity index (χ3v) is 2.36. The van der Waals surface area contributed by atoms with Gasteiger partial charge in [0.25, 0.3) is 0 Å². The van der Waals surface area contributed by atoms with E-state index in [4.69, 9.17) is 11.6 Å². The van der Waals surface area contributed by atoms with Crippen molar-refractivity contribution in [1.82, 2.24) is 0 Å². The summed E-state index contributed by atoms with van der Waals surface area (Å²) >= 11 is 6.77. The van der Waals surface area contributed by atoms with Crippen molar-refractivity contribution in [3.05, 3.63) is 34.6 Å². The lowest BCUT2D eigenvalue weighted by molar-refractivity contribution is -0.109. The summed E-state index contributed by atoms with van der Waals surface area (Å²) in [7, 11) is 0. The smallest absolute Gasteiger partial charge is 0.186 e. The molecule has 0 bridgehead atoms. The van der Waals surface area contributed by atoms with Crippen molar-refractivity contribution in [3.63, 3.8) is 0 Å². The number of rotatable bonds is 1. The summed E-state index contributed by atoms with van der Waals surface area (Å²) in [5.41, 5.74) is 0.518. The van der Waals surface area contributed by atoms with Crippen LogP contribution in [-0.4, -0.2) is 10.9 Å². The second-order valence-corrected chi connectivity index (χ2v) is 4.33. The summed E-state index contributed by atoms with van der Waals surface area (Å²) in [4.78, 5) is 10.6. The van der Waals surface area contributed by atoms with Crippen LogP contribution in [-0.2, 0) is 4.79 Å². The topological polar surface area (TPSA) is 17.1 Å². The maximum atomic E-state index is 12.9. The van der Waals surface area contributed by atoms with Gasteiger partial charge in [-0.1, -0.05) is 35.2 Å². The first-order valence-corrected chi connectivity index (χ1v) is 5.52. The van der Waals surface area contributed by atoms with Crippen LogP contribution >= 0.6 is 23.4 Å². The zero-order valence-corrected chi connectivity index (χ0v) is 9.58. The van der Waals surface area contributed by atoms with E-state index in [0.717, 1.165) is 11.8 Å². The summed E-state index contributed by atoms with van der Waals surface area (Å²) in [6.45, 7) is 1.48. The molecule has 0 aromatic heterocycles. The third kappa shape index (κ3) is 4.87. The molecule has 0 N–H and O–H groups in total. The second kappa shape index (κ2) is 5.79. The Morgan fingerprint density at radius 2 is 2.27 bits per heavy atom. The predicted molar refractivity (Wildman–Crippen MR) is 61.4 cm³/mol. The average Bonchev–Trinajstić information content (AvgIpc) is 2.10. The van der Waals surface area contributed by atoms with Crippen LogP contribution in [0.5, 0.6) is 0 Å². The van der Waals surface area contributed by atoms with Gasteiger partial charge in [0.2, 0.25) is 0 Å². The quantitative estimate of drug-likeness (QED) is 0.704. The number of hydrogen-bond donors (Lipinski definition) is 0. The monoisotopic (exact) mass is 242 g/mol. The number of carbonyl (C=O) groups is 1. The average molecular weight is 243 g/mol.